The molecule has 5 heteroatoms. The highest BCUT2D eigenvalue weighted by Gasteiger charge is 2.38. The molecular formula is C18H16FN3O. The van der Waals surface area contributed by atoms with E-state index in [1.807, 2.05) is 36.1 Å². The summed E-state index contributed by atoms with van der Waals surface area (Å²) in [4.78, 5) is 21.1. The molecule has 0 spiro atoms. The highest BCUT2D eigenvalue weighted by Crippen LogP contribution is 2.32. The Labute approximate surface area is 133 Å². The molecule has 2 aliphatic rings. The topological polar surface area (TPSA) is 35.9 Å². The maximum absolute atomic E-state index is 13.1. The summed E-state index contributed by atoms with van der Waals surface area (Å²) in [5, 5.41) is 0. The number of guanidine groups is 1. The predicted molar refractivity (Wildman–Crippen MR) is 87.0 cm³/mol. The molecule has 2 aromatic rings. The van der Waals surface area contributed by atoms with Crippen molar-refractivity contribution < 1.29 is 9.18 Å². The third-order valence-corrected chi connectivity index (χ3v) is 4.19. The number of fused-ring (bicyclic) bond motifs is 2. The van der Waals surface area contributed by atoms with Crippen LogP contribution in [-0.2, 0) is 6.54 Å². The summed E-state index contributed by atoms with van der Waals surface area (Å²) >= 11 is 0. The Balaban J connectivity index is 1.78. The van der Waals surface area contributed by atoms with Crippen molar-refractivity contribution in [1.82, 2.24) is 4.90 Å². The zero-order valence-electron chi connectivity index (χ0n) is 12.7. The van der Waals surface area contributed by atoms with Crippen LogP contribution >= 0.6 is 0 Å². The number of rotatable bonds is 2. The van der Waals surface area contributed by atoms with Crippen LogP contribution < -0.4 is 4.90 Å². The van der Waals surface area contributed by atoms with E-state index < -0.39 is 0 Å². The minimum atomic E-state index is -0.253. The number of para-hydroxylation sites is 1. The molecule has 0 fully saturated rings. The molecule has 4 rings (SSSR count). The van der Waals surface area contributed by atoms with Gasteiger partial charge in [0.1, 0.15) is 5.82 Å². The lowest BCUT2D eigenvalue weighted by Crippen LogP contribution is -2.49. The standard InChI is InChI=1S/C18H16FN3O/c1-12-10-22-17(23)15-4-2-3-5-16(15)21(18(22)20-12)11-13-6-8-14(19)9-7-13/h2-9,12H,10-11H2,1H3. The Morgan fingerprint density at radius 3 is 2.70 bits per heavy atom. The van der Waals surface area contributed by atoms with E-state index in [9.17, 15) is 9.18 Å². The van der Waals surface area contributed by atoms with Gasteiger partial charge < -0.3 is 4.90 Å². The molecule has 1 amide bonds. The molecule has 23 heavy (non-hydrogen) atoms. The van der Waals surface area contributed by atoms with E-state index in [2.05, 4.69) is 4.99 Å². The van der Waals surface area contributed by atoms with Gasteiger partial charge in [-0.2, -0.15) is 0 Å². The van der Waals surface area contributed by atoms with Crippen LogP contribution in [-0.4, -0.2) is 29.4 Å². The highest BCUT2D eigenvalue weighted by molar-refractivity contribution is 6.19. The first-order valence-electron chi connectivity index (χ1n) is 7.64. The van der Waals surface area contributed by atoms with Gasteiger partial charge >= 0.3 is 0 Å². The van der Waals surface area contributed by atoms with Crippen molar-refractivity contribution in [3.05, 3.63) is 65.5 Å². The summed E-state index contributed by atoms with van der Waals surface area (Å²) in [5.74, 6) is 0.431. The number of hydrogen-bond donors (Lipinski definition) is 0. The van der Waals surface area contributed by atoms with Crippen molar-refractivity contribution in [1.29, 1.82) is 0 Å². The van der Waals surface area contributed by atoms with Gasteiger partial charge in [-0.3, -0.25) is 9.69 Å². The van der Waals surface area contributed by atoms with Crippen molar-refractivity contribution >= 4 is 17.6 Å². The quantitative estimate of drug-likeness (QED) is 0.855. The first-order valence-corrected chi connectivity index (χ1v) is 7.64. The number of carbonyl (C=O) groups is 1. The second kappa shape index (κ2) is 5.19. The first kappa shape index (κ1) is 13.9. The maximum Gasteiger partial charge on any atom is 0.262 e. The number of nitrogens with zero attached hydrogens (tertiary/aromatic N) is 3. The Hall–Kier alpha value is -2.69. The van der Waals surface area contributed by atoms with Crippen LogP contribution in [0.3, 0.4) is 0 Å². The van der Waals surface area contributed by atoms with Gasteiger partial charge in [-0.1, -0.05) is 24.3 Å². The molecular weight excluding hydrogens is 293 g/mol. The first-order chi connectivity index (χ1) is 11.1. The number of hydrogen-bond acceptors (Lipinski definition) is 3. The van der Waals surface area contributed by atoms with Gasteiger partial charge in [-0.05, 0) is 36.8 Å². The van der Waals surface area contributed by atoms with Crippen LogP contribution in [0.2, 0.25) is 0 Å². The molecule has 116 valence electrons. The zero-order chi connectivity index (χ0) is 16.0. The largest absolute Gasteiger partial charge is 0.307 e. The van der Waals surface area contributed by atoms with Crippen LogP contribution in [0.1, 0.15) is 22.8 Å². The average molecular weight is 309 g/mol. The molecule has 2 aliphatic heterocycles. The second-order valence-electron chi connectivity index (χ2n) is 5.92. The fourth-order valence-electron chi connectivity index (χ4n) is 3.11. The smallest absolute Gasteiger partial charge is 0.262 e. The maximum atomic E-state index is 13.1. The summed E-state index contributed by atoms with van der Waals surface area (Å²) in [6, 6.07) is 14.1. The van der Waals surface area contributed by atoms with E-state index >= 15 is 0 Å². The molecule has 2 aromatic carbocycles. The lowest BCUT2D eigenvalue weighted by atomic mass is 10.1. The normalized spacial score (nSPS) is 19.5. The van der Waals surface area contributed by atoms with Crippen molar-refractivity contribution in [3.63, 3.8) is 0 Å². The predicted octanol–water partition coefficient (Wildman–Crippen LogP) is 3.05. The Morgan fingerprint density at radius 2 is 1.91 bits per heavy atom. The van der Waals surface area contributed by atoms with Gasteiger partial charge in [0.25, 0.3) is 5.91 Å². The lowest BCUT2D eigenvalue weighted by Gasteiger charge is -2.36. The van der Waals surface area contributed by atoms with Crippen molar-refractivity contribution in [2.75, 3.05) is 11.4 Å². The van der Waals surface area contributed by atoms with Crippen LogP contribution in [0.15, 0.2) is 53.5 Å². The third kappa shape index (κ3) is 2.29. The Kier molecular flexibility index (Phi) is 3.15. The minimum absolute atomic E-state index is 0.000874. The zero-order valence-corrected chi connectivity index (χ0v) is 12.7. The number of amides is 1. The highest BCUT2D eigenvalue weighted by atomic mass is 19.1. The molecule has 4 nitrogen and oxygen atoms in total. The van der Waals surface area contributed by atoms with E-state index in [1.165, 1.54) is 12.1 Å². The molecule has 0 aliphatic carbocycles. The molecule has 2 heterocycles. The lowest BCUT2D eigenvalue weighted by molar-refractivity contribution is 0.0846. The number of carbonyl (C=O) groups excluding carboxylic acids is 1. The summed E-state index contributed by atoms with van der Waals surface area (Å²) in [6.07, 6.45) is 0. The van der Waals surface area contributed by atoms with E-state index in [-0.39, 0.29) is 17.8 Å². The molecule has 0 saturated heterocycles. The number of anilines is 1. The molecule has 0 bridgehead atoms. The molecule has 0 N–H and O–H groups in total. The average Bonchev–Trinajstić information content (AvgIpc) is 2.95. The van der Waals surface area contributed by atoms with Crippen LogP contribution in [0.25, 0.3) is 0 Å². The van der Waals surface area contributed by atoms with Crippen LogP contribution in [0, 0.1) is 5.82 Å². The summed E-state index contributed by atoms with van der Waals surface area (Å²) in [6.45, 7) is 3.15. The fourth-order valence-corrected chi connectivity index (χ4v) is 3.11. The Morgan fingerprint density at radius 1 is 1.17 bits per heavy atom. The van der Waals surface area contributed by atoms with Gasteiger partial charge in [-0.15, -0.1) is 0 Å². The van der Waals surface area contributed by atoms with Gasteiger partial charge in [0.15, 0.2) is 0 Å². The summed E-state index contributed by atoms with van der Waals surface area (Å²) < 4.78 is 13.1. The Bertz CT molecular complexity index is 800. The minimum Gasteiger partial charge on any atom is -0.307 e. The van der Waals surface area contributed by atoms with Crippen molar-refractivity contribution in [2.45, 2.75) is 19.5 Å². The van der Waals surface area contributed by atoms with Crippen LogP contribution in [0.4, 0.5) is 10.1 Å². The van der Waals surface area contributed by atoms with Gasteiger partial charge in [0, 0.05) is 0 Å². The van der Waals surface area contributed by atoms with E-state index in [1.54, 1.807) is 17.0 Å². The number of halogens is 1. The number of benzene rings is 2. The van der Waals surface area contributed by atoms with Crippen molar-refractivity contribution in [2.24, 2.45) is 4.99 Å². The summed E-state index contributed by atoms with van der Waals surface area (Å²) in [7, 11) is 0. The van der Waals surface area contributed by atoms with E-state index in [0.717, 1.165) is 11.3 Å². The third-order valence-electron chi connectivity index (χ3n) is 4.19. The SMILES string of the molecule is CC1CN2C(=O)c3ccccc3N(Cc3ccc(F)cc3)C2=N1. The molecule has 0 radical (unpaired) electrons. The molecule has 0 saturated carbocycles. The van der Waals surface area contributed by atoms with Gasteiger partial charge in [0.2, 0.25) is 5.96 Å². The monoisotopic (exact) mass is 309 g/mol. The van der Waals surface area contributed by atoms with Crippen LogP contribution in [0.5, 0.6) is 0 Å². The van der Waals surface area contributed by atoms with E-state index in [4.69, 9.17) is 0 Å². The molecule has 0 aromatic heterocycles. The van der Waals surface area contributed by atoms with Gasteiger partial charge in [-0.25, -0.2) is 9.38 Å². The van der Waals surface area contributed by atoms with Crippen molar-refractivity contribution in [3.8, 4) is 0 Å². The summed E-state index contributed by atoms with van der Waals surface area (Å²) in [5.41, 5.74) is 2.51. The molecule has 1 atom stereocenters. The fraction of sp³-hybridized carbons (Fsp3) is 0.222. The second-order valence-corrected chi connectivity index (χ2v) is 5.92. The van der Waals surface area contributed by atoms with Gasteiger partial charge in [0.05, 0.1) is 30.4 Å². The van der Waals surface area contributed by atoms with E-state index in [0.29, 0.717) is 24.6 Å². The molecule has 1 unspecified atom stereocenters. The number of aliphatic imine (C=N–C) groups is 1.